The molecule has 0 saturated carbocycles. The molecule has 98 valence electrons. The van der Waals surface area contributed by atoms with E-state index in [9.17, 15) is 8.42 Å². The minimum atomic E-state index is -3.74. The van der Waals surface area contributed by atoms with Gasteiger partial charge in [0.15, 0.2) is 8.68 Å². The summed E-state index contributed by atoms with van der Waals surface area (Å²) in [5.41, 5.74) is 1.63. The highest BCUT2D eigenvalue weighted by molar-refractivity contribution is 7.94. The molecule has 0 amide bonds. The standard InChI is InChI=1S/C9H10ClN3O3S2/c1-4-5(2)12-16-7(4)13-18(14,15)8-6(3)11-9(10)17-8/h13H,1-3H3. The van der Waals surface area contributed by atoms with E-state index in [1.54, 1.807) is 20.8 Å². The van der Waals surface area contributed by atoms with Crippen LogP contribution in [0.25, 0.3) is 0 Å². The first kappa shape index (κ1) is 13.3. The zero-order valence-corrected chi connectivity index (χ0v) is 12.2. The van der Waals surface area contributed by atoms with Gasteiger partial charge in [-0.25, -0.2) is 18.1 Å². The Morgan fingerprint density at radius 2 is 1.94 bits per heavy atom. The lowest BCUT2D eigenvalue weighted by atomic mass is 10.3. The van der Waals surface area contributed by atoms with E-state index < -0.39 is 10.0 Å². The van der Waals surface area contributed by atoms with Gasteiger partial charge >= 0.3 is 0 Å². The summed E-state index contributed by atoms with van der Waals surface area (Å²) in [4.78, 5) is 3.87. The van der Waals surface area contributed by atoms with E-state index >= 15 is 0 Å². The Kier molecular flexibility index (Phi) is 3.35. The average molecular weight is 308 g/mol. The third-order valence-corrected chi connectivity index (χ3v) is 5.56. The number of anilines is 1. The number of aryl methyl sites for hydroxylation is 2. The van der Waals surface area contributed by atoms with Gasteiger partial charge in [-0.05, 0) is 20.8 Å². The average Bonchev–Trinajstić information content (AvgIpc) is 2.75. The molecule has 0 spiro atoms. The molecule has 2 heterocycles. The number of hydrogen-bond acceptors (Lipinski definition) is 6. The summed E-state index contributed by atoms with van der Waals surface area (Å²) in [5, 5.41) is 3.68. The van der Waals surface area contributed by atoms with Crippen molar-refractivity contribution in [3.8, 4) is 0 Å². The SMILES string of the molecule is Cc1nc(Cl)sc1S(=O)(=O)Nc1onc(C)c1C. The molecule has 9 heteroatoms. The lowest BCUT2D eigenvalue weighted by Gasteiger charge is -2.03. The molecular formula is C9H10ClN3O3S2. The van der Waals surface area contributed by atoms with Gasteiger partial charge in [0.25, 0.3) is 10.0 Å². The zero-order chi connectivity index (χ0) is 13.5. The van der Waals surface area contributed by atoms with Gasteiger partial charge in [-0.1, -0.05) is 28.1 Å². The number of rotatable bonds is 3. The van der Waals surface area contributed by atoms with Gasteiger partial charge in [-0.3, -0.25) is 0 Å². The van der Waals surface area contributed by atoms with Crippen molar-refractivity contribution in [1.29, 1.82) is 0 Å². The van der Waals surface area contributed by atoms with Gasteiger partial charge in [-0.2, -0.15) is 0 Å². The first-order valence-electron chi connectivity index (χ1n) is 4.90. The number of nitrogens with zero attached hydrogens (tertiary/aromatic N) is 2. The number of sulfonamides is 1. The smallest absolute Gasteiger partial charge is 0.275 e. The van der Waals surface area contributed by atoms with E-state index in [2.05, 4.69) is 14.9 Å². The number of thiazole rings is 1. The predicted octanol–water partition coefficient (Wildman–Crippen LogP) is 2.51. The van der Waals surface area contributed by atoms with Crippen LogP contribution in [0.1, 0.15) is 17.0 Å². The molecule has 0 aliphatic rings. The third kappa shape index (κ3) is 2.36. The van der Waals surface area contributed by atoms with Crippen molar-refractivity contribution in [2.45, 2.75) is 25.0 Å². The van der Waals surface area contributed by atoms with Crippen LogP contribution in [0.2, 0.25) is 4.47 Å². The molecule has 6 nitrogen and oxygen atoms in total. The first-order valence-corrected chi connectivity index (χ1v) is 7.57. The minimum Gasteiger partial charge on any atom is -0.337 e. The topological polar surface area (TPSA) is 85.1 Å². The zero-order valence-electron chi connectivity index (χ0n) is 9.81. The van der Waals surface area contributed by atoms with Crippen LogP contribution >= 0.6 is 22.9 Å². The monoisotopic (exact) mass is 307 g/mol. The van der Waals surface area contributed by atoms with Crippen LogP contribution in [0.3, 0.4) is 0 Å². The van der Waals surface area contributed by atoms with E-state index in [4.69, 9.17) is 16.1 Å². The molecule has 0 unspecified atom stereocenters. The highest BCUT2D eigenvalue weighted by Crippen LogP contribution is 2.29. The molecule has 0 saturated heterocycles. The fraction of sp³-hybridized carbons (Fsp3) is 0.333. The summed E-state index contributed by atoms with van der Waals surface area (Å²) < 4.78 is 31.7. The summed E-state index contributed by atoms with van der Waals surface area (Å²) in [6.07, 6.45) is 0. The second-order valence-corrected chi connectivity index (χ2v) is 7.13. The number of hydrogen-bond donors (Lipinski definition) is 1. The van der Waals surface area contributed by atoms with Crippen molar-refractivity contribution in [3.05, 3.63) is 21.4 Å². The van der Waals surface area contributed by atoms with Crippen molar-refractivity contribution in [2.75, 3.05) is 4.72 Å². The Morgan fingerprint density at radius 1 is 1.28 bits per heavy atom. The Bertz CT molecular complexity index is 690. The van der Waals surface area contributed by atoms with Crippen LogP contribution in [0.4, 0.5) is 5.88 Å². The van der Waals surface area contributed by atoms with E-state index in [-0.39, 0.29) is 14.6 Å². The Morgan fingerprint density at radius 3 is 2.39 bits per heavy atom. The van der Waals surface area contributed by atoms with Gasteiger partial charge in [-0.15, -0.1) is 0 Å². The maximum Gasteiger partial charge on any atom is 0.275 e. The second-order valence-electron chi connectivity index (χ2n) is 3.67. The van der Waals surface area contributed by atoms with Crippen LogP contribution in [0, 0.1) is 20.8 Å². The van der Waals surface area contributed by atoms with Crippen LogP contribution in [0.15, 0.2) is 8.73 Å². The van der Waals surface area contributed by atoms with Crippen molar-refractivity contribution < 1.29 is 12.9 Å². The summed E-state index contributed by atoms with van der Waals surface area (Å²) in [6, 6.07) is 0. The van der Waals surface area contributed by atoms with E-state index in [1.165, 1.54) is 0 Å². The molecule has 2 aromatic heterocycles. The van der Waals surface area contributed by atoms with Crippen LogP contribution in [-0.4, -0.2) is 18.6 Å². The highest BCUT2D eigenvalue weighted by atomic mass is 35.5. The van der Waals surface area contributed by atoms with Crippen LogP contribution < -0.4 is 4.72 Å². The number of nitrogens with one attached hydrogen (secondary N) is 1. The molecule has 18 heavy (non-hydrogen) atoms. The van der Waals surface area contributed by atoms with E-state index in [0.29, 0.717) is 17.0 Å². The first-order chi connectivity index (χ1) is 8.31. The Balaban J connectivity index is 2.39. The van der Waals surface area contributed by atoms with E-state index in [0.717, 1.165) is 11.3 Å². The van der Waals surface area contributed by atoms with Gasteiger partial charge < -0.3 is 4.52 Å². The van der Waals surface area contributed by atoms with Crippen molar-refractivity contribution >= 4 is 38.8 Å². The summed E-state index contributed by atoms with van der Waals surface area (Å²) >= 11 is 6.58. The molecule has 0 atom stereocenters. The van der Waals surface area contributed by atoms with E-state index in [1.807, 2.05) is 0 Å². The van der Waals surface area contributed by atoms with Gasteiger partial charge in [0, 0.05) is 5.56 Å². The number of aromatic nitrogens is 2. The molecule has 0 radical (unpaired) electrons. The second kappa shape index (κ2) is 4.52. The van der Waals surface area contributed by atoms with Crippen LogP contribution in [0.5, 0.6) is 0 Å². The largest absolute Gasteiger partial charge is 0.337 e. The van der Waals surface area contributed by atoms with Gasteiger partial charge in [0.2, 0.25) is 5.88 Å². The maximum atomic E-state index is 12.1. The lowest BCUT2D eigenvalue weighted by Crippen LogP contribution is -2.12. The van der Waals surface area contributed by atoms with Crippen LogP contribution in [-0.2, 0) is 10.0 Å². The molecular weight excluding hydrogens is 298 g/mol. The molecule has 0 bridgehead atoms. The Hall–Kier alpha value is -1.12. The Labute approximate surface area is 113 Å². The quantitative estimate of drug-likeness (QED) is 0.941. The normalized spacial score (nSPS) is 11.8. The molecule has 0 aliphatic carbocycles. The maximum absolute atomic E-state index is 12.1. The highest BCUT2D eigenvalue weighted by Gasteiger charge is 2.24. The summed E-state index contributed by atoms with van der Waals surface area (Å²) in [7, 11) is -3.74. The van der Waals surface area contributed by atoms with Crippen molar-refractivity contribution in [3.63, 3.8) is 0 Å². The van der Waals surface area contributed by atoms with Crippen molar-refractivity contribution in [1.82, 2.24) is 10.1 Å². The predicted molar refractivity (Wildman–Crippen MR) is 68.6 cm³/mol. The van der Waals surface area contributed by atoms with Gasteiger partial charge in [0.1, 0.15) is 0 Å². The minimum absolute atomic E-state index is 0.0703. The van der Waals surface area contributed by atoms with Gasteiger partial charge in [0.05, 0.1) is 11.4 Å². The molecule has 0 fully saturated rings. The molecule has 2 aromatic rings. The lowest BCUT2D eigenvalue weighted by molar-refractivity contribution is 0.430. The molecule has 2 rings (SSSR count). The summed E-state index contributed by atoms with van der Waals surface area (Å²) in [6.45, 7) is 5.02. The number of halogens is 1. The fourth-order valence-electron chi connectivity index (χ4n) is 1.28. The van der Waals surface area contributed by atoms with Crippen molar-refractivity contribution in [2.24, 2.45) is 0 Å². The molecule has 1 N–H and O–H groups in total. The summed E-state index contributed by atoms with van der Waals surface area (Å²) in [5.74, 6) is 0.108. The fourth-order valence-corrected chi connectivity index (χ4v) is 4.07. The molecule has 0 aliphatic heterocycles. The molecule has 0 aromatic carbocycles. The third-order valence-electron chi connectivity index (χ3n) is 2.36.